The molecule has 26 heavy (non-hydrogen) atoms. The molecule has 4 heteroatoms. The number of pyridine rings is 1. The zero-order valence-electron chi connectivity index (χ0n) is 16.6. The summed E-state index contributed by atoms with van der Waals surface area (Å²) in [6.07, 6.45) is 10.1. The van der Waals surface area contributed by atoms with E-state index in [2.05, 4.69) is 30.5 Å². The topological polar surface area (TPSA) is 58.3 Å². The number of aryl methyl sites for hydroxylation is 4. The van der Waals surface area contributed by atoms with Crippen molar-refractivity contribution in [2.45, 2.75) is 78.6 Å². The third kappa shape index (κ3) is 5.60. The van der Waals surface area contributed by atoms with Crippen molar-refractivity contribution >= 4 is 0 Å². The number of aliphatic hydroxyl groups excluding tert-OH is 1. The van der Waals surface area contributed by atoms with Gasteiger partial charge in [0.1, 0.15) is 11.6 Å². The third-order valence-corrected chi connectivity index (χ3v) is 5.06. The number of hydrogen-bond donors (Lipinski definition) is 2. The molecule has 0 aliphatic rings. The Balaban J connectivity index is 1.88. The van der Waals surface area contributed by atoms with Crippen LogP contribution in [0, 0.1) is 20.8 Å². The van der Waals surface area contributed by atoms with Crippen LogP contribution >= 0.6 is 0 Å². The lowest BCUT2D eigenvalue weighted by Crippen LogP contribution is -2.05. The van der Waals surface area contributed by atoms with Gasteiger partial charge >= 0.3 is 0 Å². The van der Waals surface area contributed by atoms with Crippen LogP contribution in [0.2, 0.25) is 0 Å². The highest BCUT2D eigenvalue weighted by Crippen LogP contribution is 2.26. The lowest BCUT2D eigenvalue weighted by molar-refractivity contribution is 0.282. The lowest BCUT2D eigenvalue weighted by atomic mass is 10.0. The molecule has 0 saturated carbocycles. The van der Waals surface area contributed by atoms with E-state index in [9.17, 15) is 5.11 Å². The average Bonchev–Trinajstić information content (AvgIpc) is 2.95. The van der Waals surface area contributed by atoms with Gasteiger partial charge in [0.15, 0.2) is 0 Å². The molecular weight excluding hydrogens is 324 g/mol. The molecule has 0 atom stereocenters. The van der Waals surface area contributed by atoms with E-state index in [1.807, 2.05) is 13.0 Å². The first-order chi connectivity index (χ1) is 12.5. The maximum absolute atomic E-state index is 10.4. The number of unbranched alkanes of at least 4 members (excludes halogenated alkanes) is 7. The Bertz CT molecular complexity index is 672. The molecule has 0 fully saturated rings. The molecule has 2 rings (SSSR count). The summed E-state index contributed by atoms with van der Waals surface area (Å²) >= 11 is 0. The van der Waals surface area contributed by atoms with Crippen molar-refractivity contribution in [3.8, 4) is 11.6 Å². The van der Waals surface area contributed by atoms with Gasteiger partial charge in [0.25, 0.3) is 0 Å². The van der Waals surface area contributed by atoms with Crippen LogP contribution in [-0.4, -0.2) is 26.4 Å². The summed E-state index contributed by atoms with van der Waals surface area (Å²) in [7, 11) is 0. The van der Waals surface area contributed by atoms with E-state index in [0.717, 1.165) is 54.1 Å². The first-order valence-corrected chi connectivity index (χ1v) is 10.00. The highest BCUT2D eigenvalue weighted by atomic mass is 16.3. The van der Waals surface area contributed by atoms with E-state index in [1.165, 1.54) is 32.1 Å². The van der Waals surface area contributed by atoms with Gasteiger partial charge in [-0.1, -0.05) is 38.5 Å². The molecule has 0 amide bonds. The predicted octanol–water partition coefficient (Wildman–Crippen LogP) is 5.16. The van der Waals surface area contributed by atoms with Crippen LogP contribution in [-0.2, 0) is 6.42 Å². The van der Waals surface area contributed by atoms with Crippen LogP contribution in [0.4, 0.5) is 0 Å². The molecule has 4 nitrogen and oxygen atoms in total. The summed E-state index contributed by atoms with van der Waals surface area (Å²) in [6, 6.07) is 6.16. The van der Waals surface area contributed by atoms with Gasteiger partial charge in [-0.25, -0.2) is 4.98 Å². The zero-order chi connectivity index (χ0) is 18.9. The highest BCUT2D eigenvalue weighted by molar-refractivity contribution is 5.43. The predicted molar refractivity (Wildman–Crippen MR) is 107 cm³/mol. The van der Waals surface area contributed by atoms with Crippen LogP contribution in [0.1, 0.15) is 74.0 Å². The Morgan fingerprint density at radius 1 is 0.846 bits per heavy atom. The number of aromatic hydroxyl groups is 1. The van der Waals surface area contributed by atoms with Crippen LogP contribution in [0.25, 0.3) is 5.82 Å². The Morgan fingerprint density at radius 2 is 1.38 bits per heavy atom. The van der Waals surface area contributed by atoms with Crippen molar-refractivity contribution in [1.82, 2.24) is 9.55 Å². The van der Waals surface area contributed by atoms with Crippen LogP contribution in [0.15, 0.2) is 18.2 Å². The molecule has 2 aromatic rings. The number of rotatable bonds is 11. The molecule has 2 heterocycles. The molecular formula is C22H34N2O2. The second-order valence-corrected chi connectivity index (χ2v) is 7.35. The first kappa shape index (κ1) is 20.5. The molecule has 2 aromatic heterocycles. The zero-order valence-corrected chi connectivity index (χ0v) is 16.6. The van der Waals surface area contributed by atoms with Gasteiger partial charge in [-0.05, 0) is 63.8 Å². The molecule has 0 radical (unpaired) electrons. The van der Waals surface area contributed by atoms with Crippen molar-refractivity contribution in [3.63, 3.8) is 0 Å². The molecule has 0 bridgehead atoms. The fourth-order valence-electron chi connectivity index (χ4n) is 3.50. The molecule has 144 valence electrons. The average molecular weight is 359 g/mol. The van der Waals surface area contributed by atoms with Crippen molar-refractivity contribution in [2.75, 3.05) is 6.61 Å². The van der Waals surface area contributed by atoms with Crippen LogP contribution < -0.4 is 0 Å². The second kappa shape index (κ2) is 10.4. The van der Waals surface area contributed by atoms with Gasteiger partial charge in [-0.3, -0.25) is 0 Å². The number of aliphatic hydroxyl groups is 1. The standard InChI is InChI=1S/C22H34N2O2/c1-17-16-21(24-18(2)13-14-19(24)3)23-20(22(17)26)12-10-8-6-4-5-7-9-11-15-25/h13-14,16,25-26H,4-12,15H2,1-3H3. The largest absolute Gasteiger partial charge is 0.506 e. The quantitative estimate of drug-likeness (QED) is 0.546. The normalized spacial score (nSPS) is 11.2. The molecule has 2 N–H and O–H groups in total. The van der Waals surface area contributed by atoms with Gasteiger partial charge in [-0.2, -0.15) is 0 Å². The van der Waals surface area contributed by atoms with E-state index in [-0.39, 0.29) is 0 Å². The van der Waals surface area contributed by atoms with Crippen LogP contribution in [0.5, 0.6) is 5.75 Å². The summed E-state index contributed by atoms with van der Waals surface area (Å²) in [5, 5.41) is 19.2. The molecule has 0 saturated heterocycles. The Kier molecular flexibility index (Phi) is 8.17. The van der Waals surface area contributed by atoms with Gasteiger partial charge in [0.05, 0.1) is 5.69 Å². The maximum Gasteiger partial charge on any atom is 0.140 e. The number of hydrogen-bond acceptors (Lipinski definition) is 3. The van der Waals surface area contributed by atoms with Gasteiger partial charge in [-0.15, -0.1) is 0 Å². The highest BCUT2D eigenvalue weighted by Gasteiger charge is 2.12. The van der Waals surface area contributed by atoms with Crippen molar-refractivity contribution in [3.05, 3.63) is 40.8 Å². The number of nitrogens with zero attached hydrogens (tertiary/aromatic N) is 2. The monoisotopic (exact) mass is 358 g/mol. The van der Waals surface area contributed by atoms with Gasteiger partial charge < -0.3 is 14.8 Å². The van der Waals surface area contributed by atoms with Gasteiger partial charge in [0, 0.05) is 18.0 Å². The SMILES string of the molecule is Cc1cc(-n2c(C)ccc2C)nc(CCCCCCCCCCO)c1O. The van der Waals surface area contributed by atoms with Crippen molar-refractivity contribution in [1.29, 1.82) is 0 Å². The fourth-order valence-corrected chi connectivity index (χ4v) is 3.50. The fraction of sp³-hybridized carbons (Fsp3) is 0.591. The Labute approximate surface area is 157 Å². The minimum Gasteiger partial charge on any atom is -0.506 e. The summed E-state index contributed by atoms with van der Waals surface area (Å²) in [4.78, 5) is 4.75. The van der Waals surface area contributed by atoms with E-state index in [1.54, 1.807) is 0 Å². The summed E-state index contributed by atoms with van der Waals surface area (Å²) < 4.78 is 2.14. The van der Waals surface area contributed by atoms with Crippen LogP contribution in [0.3, 0.4) is 0 Å². The third-order valence-electron chi connectivity index (χ3n) is 5.06. The minimum absolute atomic E-state index is 0.317. The Hall–Kier alpha value is -1.81. The molecule has 0 unspecified atom stereocenters. The van der Waals surface area contributed by atoms with E-state index in [0.29, 0.717) is 12.4 Å². The summed E-state index contributed by atoms with van der Waals surface area (Å²) in [6.45, 7) is 6.43. The minimum atomic E-state index is 0.317. The molecule has 0 aliphatic carbocycles. The van der Waals surface area contributed by atoms with Crippen molar-refractivity contribution < 1.29 is 10.2 Å². The Morgan fingerprint density at radius 3 is 1.96 bits per heavy atom. The second-order valence-electron chi connectivity index (χ2n) is 7.35. The van der Waals surface area contributed by atoms with Crippen molar-refractivity contribution in [2.24, 2.45) is 0 Å². The van der Waals surface area contributed by atoms with E-state index in [4.69, 9.17) is 10.1 Å². The molecule has 0 spiro atoms. The smallest absolute Gasteiger partial charge is 0.140 e. The maximum atomic E-state index is 10.4. The van der Waals surface area contributed by atoms with E-state index >= 15 is 0 Å². The number of aromatic nitrogens is 2. The van der Waals surface area contributed by atoms with Gasteiger partial charge in [0.2, 0.25) is 0 Å². The summed E-state index contributed by atoms with van der Waals surface area (Å²) in [5.74, 6) is 1.25. The molecule has 0 aliphatic heterocycles. The summed E-state index contributed by atoms with van der Waals surface area (Å²) in [5.41, 5.74) is 4.02. The van der Waals surface area contributed by atoms with E-state index < -0.39 is 0 Å². The lowest BCUT2D eigenvalue weighted by Gasteiger charge is -2.13. The first-order valence-electron chi connectivity index (χ1n) is 10.00. The molecule has 0 aromatic carbocycles.